The highest BCUT2D eigenvalue weighted by molar-refractivity contribution is 7.10. The molecule has 24 heavy (non-hydrogen) atoms. The molecule has 0 N–H and O–H groups in total. The van der Waals surface area contributed by atoms with Gasteiger partial charge in [0.15, 0.2) is 0 Å². The number of ether oxygens (including phenoxy) is 2. The molecule has 0 unspecified atom stereocenters. The van der Waals surface area contributed by atoms with Crippen molar-refractivity contribution in [1.29, 1.82) is 0 Å². The second-order valence-corrected chi connectivity index (χ2v) is 6.03. The van der Waals surface area contributed by atoms with E-state index in [9.17, 15) is 4.79 Å². The van der Waals surface area contributed by atoms with Crippen LogP contribution >= 0.6 is 11.3 Å². The van der Waals surface area contributed by atoms with Crippen molar-refractivity contribution in [2.24, 2.45) is 0 Å². The van der Waals surface area contributed by atoms with Gasteiger partial charge in [0.25, 0.3) is 0 Å². The molecule has 0 bridgehead atoms. The molecule has 0 radical (unpaired) electrons. The topological polar surface area (TPSA) is 48.4 Å². The molecule has 1 heterocycles. The number of hydrogen-bond acceptors (Lipinski definition) is 5. The lowest BCUT2D eigenvalue weighted by atomic mass is 10.1. The highest BCUT2D eigenvalue weighted by atomic mass is 32.1. The van der Waals surface area contributed by atoms with Crippen LogP contribution < -0.4 is 4.74 Å². The van der Waals surface area contributed by atoms with Gasteiger partial charge in [-0.05, 0) is 29.0 Å². The van der Waals surface area contributed by atoms with Crippen molar-refractivity contribution >= 4 is 34.2 Å². The number of rotatable bonds is 7. The van der Waals surface area contributed by atoms with Gasteiger partial charge in [-0.3, -0.25) is 4.98 Å². The van der Waals surface area contributed by atoms with Crippen LogP contribution in [0.3, 0.4) is 0 Å². The Labute approximate surface area is 144 Å². The van der Waals surface area contributed by atoms with E-state index in [0.717, 1.165) is 16.0 Å². The standard InChI is InChI=1S/C19H17NO3S/c21-19(9-8-18-13-20-14-24-18)23-11-3-10-22-17-7-6-15-4-1-2-5-16(15)12-17/h1-2,4-9,12-14H,3,10-11H2/b9-8+. The Morgan fingerprint density at radius 1 is 1.12 bits per heavy atom. The molecule has 0 saturated carbocycles. The van der Waals surface area contributed by atoms with E-state index in [0.29, 0.717) is 19.6 Å². The van der Waals surface area contributed by atoms with Crippen molar-refractivity contribution < 1.29 is 14.3 Å². The molecular formula is C19H17NO3S. The maximum atomic E-state index is 11.6. The van der Waals surface area contributed by atoms with Gasteiger partial charge in [-0.25, -0.2) is 4.79 Å². The van der Waals surface area contributed by atoms with Gasteiger partial charge in [-0.2, -0.15) is 0 Å². The number of benzene rings is 2. The molecule has 0 fully saturated rings. The lowest BCUT2D eigenvalue weighted by molar-refractivity contribution is -0.137. The first kappa shape index (κ1) is 16.2. The summed E-state index contributed by atoms with van der Waals surface area (Å²) < 4.78 is 10.8. The smallest absolute Gasteiger partial charge is 0.330 e. The summed E-state index contributed by atoms with van der Waals surface area (Å²) in [7, 11) is 0. The van der Waals surface area contributed by atoms with Gasteiger partial charge in [-0.15, -0.1) is 11.3 Å². The molecule has 5 heteroatoms. The van der Waals surface area contributed by atoms with Crippen LogP contribution in [0.25, 0.3) is 16.8 Å². The van der Waals surface area contributed by atoms with Gasteiger partial charge in [0.1, 0.15) is 5.75 Å². The zero-order chi connectivity index (χ0) is 16.6. The van der Waals surface area contributed by atoms with E-state index in [4.69, 9.17) is 9.47 Å². The molecule has 2 aromatic carbocycles. The van der Waals surface area contributed by atoms with Crippen molar-refractivity contribution in [2.45, 2.75) is 6.42 Å². The van der Waals surface area contributed by atoms with E-state index < -0.39 is 0 Å². The summed E-state index contributed by atoms with van der Waals surface area (Å²) in [6.07, 6.45) is 5.46. The first-order valence-electron chi connectivity index (χ1n) is 7.66. The molecule has 0 spiro atoms. The van der Waals surface area contributed by atoms with Crippen molar-refractivity contribution in [3.05, 3.63) is 65.1 Å². The molecular weight excluding hydrogens is 322 g/mol. The third kappa shape index (κ3) is 4.67. The number of aromatic nitrogens is 1. The Bertz CT molecular complexity index is 828. The molecule has 0 atom stereocenters. The summed E-state index contributed by atoms with van der Waals surface area (Å²) in [6.45, 7) is 0.837. The summed E-state index contributed by atoms with van der Waals surface area (Å²) >= 11 is 1.47. The van der Waals surface area contributed by atoms with E-state index in [1.165, 1.54) is 22.8 Å². The second kappa shape index (κ2) is 8.26. The fourth-order valence-electron chi connectivity index (χ4n) is 2.19. The number of carbonyl (C=O) groups is 1. The molecule has 0 aliphatic rings. The number of hydrogen-bond donors (Lipinski definition) is 0. The second-order valence-electron chi connectivity index (χ2n) is 5.12. The molecule has 0 aliphatic carbocycles. The monoisotopic (exact) mass is 339 g/mol. The van der Waals surface area contributed by atoms with Gasteiger partial charge in [0.2, 0.25) is 0 Å². The minimum atomic E-state index is -0.353. The molecule has 1 aromatic heterocycles. The third-order valence-corrected chi connectivity index (χ3v) is 4.10. The van der Waals surface area contributed by atoms with E-state index in [1.54, 1.807) is 17.8 Å². The number of nitrogens with zero attached hydrogens (tertiary/aromatic N) is 1. The van der Waals surface area contributed by atoms with Crippen LogP contribution in [0.2, 0.25) is 0 Å². The minimum absolute atomic E-state index is 0.333. The molecule has 0 amide bonds. The Morgan fingerprint density at radius 2 is 2.00 bits per heavy atom. The zero-order valence-electron chi connectivity index (χ0n) is 13.1. The largest absolute Gasteiger partial charge is 0.493 e. The Hall–Kier alpha value is -2.66. The summed E-state index contributed by atoms with van der Waals surface area (Å²) in [5, 5.41) is 2.33. The van der Waals surface area contributed by atoms with Crippen LogP contribution in [0.15, 0.2) is 60.2 Å². The fraction of sp³-hybridized carbons (Fsp3) is 0.158. The first-order chi connectivity index (χ1) is 11.8. The van der Waals surface area contributed by atoms with Gasteiger partial charge in [0, 0.05) is 23.6 Å². The Kier molecular flexibility index (Phi) is 5.58. The molecule has 3 rings (SSSR count). The van der Waals surface area contributed by atoms with Gasteiger partial charge >= 0.3 is 5.97 Å². The van der Waals surface area contributed by atoms with E-state index in [1.807, 2.05) is 30.3 Å². The van der Waals surface area contributed by atoms with E-state index >= 15 is 0 Å². The summed E-state index contributed by atoms with van der Waals surface area (Å²) in [4.78, 5) is 16.4. The van der Waals surface area contributed by atoms with Crippen LogP contribution in [0.5, 0.6) is 5.75 Å². The fourth-order valence-corrected chi connectivity index (χ4v) is 2.70. The van der Waals surface area contributed by atoms with Gasteiger partial charge in [-0.1, -0.05) is 30.3 Å². The lowest BCUT2D eigenvalue weighted by Crippen LogP contribution is -2.06. The SMILES string of the molecule is O=C(/C=C/c1cncs1)OCCCOc1ccc2ccccc2c1. The average molecular weight is 339 g/mol. The molecule has 3 aromatic rings. The van der Waals surface area contributed by atoms with Gasteiger partial charge in [0.05, 0.1) is 18.7 Å². The summed E-state index contributed by atoms with van der Waals surface area (Å²) in [5.74, 6) is 0.472. The highest BCUT2D eigenvalue weighted by Crippen LogP contribution is 2.20. The maximum absolute atomic E-state index is 11.6. The third-order valence-electron chi connectivity index (χ3n) is 3.36. The van der Waals surface area contributed by atoms with Crippen molar-refractivity contribution in [1.82, 2.24) is 4.98 Å². The average Bonchev–Trinajstić information content (AvgIpc) is 3.13. The summed E-state index contributed by atoms with van der Waals surface area (Å²) in [6, 6.07) is 14.1. The number of thiazole rings is 1. The first-order valence-corrected chi connectivity index (χ1v) is 8.54. The predicted molar refractivity (Wildman–Crippen MR) is 96.2 cm³/mol. The zero-order valence-corrected chi connectivity index (χ0v) is 13.9. The Morgan fingerprint density at radius 3 is 2.83 bits per heavy atom. The number of carbonyl (C=O) groups excluding carboxylic acids is 1. The number of fused-ring (bicyclic) bond motifs is 1. The number of esters is 1. The van der Waals surface area contributed by atoms with Crippen LogP contribution in [-0.4, -0.2) is 24.2 Å². The maximum Gasteiger partial charge on any atom is 0.330 e. The van der Waals surface area contributed by atoms with Crippen LogP contribution in [0.1, 0.15) is 11.3 Å². The van der Waals surface area contributed by atoms with Crippen LogP contribution in [-0.2, 0) is 9.53 Å². The normalized spacial score (nSPS) is 11.0. The van der Waals surface area contributed by atoms with E-state index in [-0.39, 0.29) is 5.97 Å². The molecule has 0 aliphatic heterocycles. The van der Waals surface area contributed by atoms with Crippen molar-refractivity contribution in [3.63, 3.8) is 0 Å². The quantitative estimate of drug-likeness (QED) is 0.365. The predicted octanol–water partition coefficient (Wildman–Crippen LogP) is 4.32. The van der Waals surface area contributed by atoms with Crippen LogP contribution in [0.4, 0.5) is 0 Å². The van der Waals surface area contributed by atoms with Crippen molar-refractivity contribution in [3.8, 4) is 5.75 Å². The molecule has 122 valence electrons. The van der Waals surface area contributed by atoms with Crippen LogP contribution in [0, 0.1) is 0 Å². The Balaban J connectivity index is 1.38. The molecule has 0 saturated heterocycles. The highest BCUT2D eigenvalue weighted by Gasteiger charge is 2.00. The summed E-state index contributed by atoms with van der Waals surface area (Å²) in [5.41, 5.74) is 1.72. The lowest BCUT2D eigenvalue weighted by Gasteiger charge is -2.07. The van der Waals surface area contributed by atoms with E-state index in [2.05, 4.69) is 17.1 Å². The van der Waals surface area contributed by atoms with Crippen molar-refractivity contribution in [2.75, 3.05) is 13.2 Å². The van der Waals surface area contributed by atoms with Gasteiger partial charge < -0.3 is 9.47 Å². The molecule has 4 nitrogen and oxygen atoms in total. The minimum Gasteiger partial charge on any atom is -0.493 e.